The van der Waals surface area contributed by atoms with E-state index < -0.39 is 11.1 Å². The van der Waals surface area contributed by atoms with Crippen LogP contribution >= 0.6 is 0 Å². The zero-order valence-electron chi connectivity index (χ0n) is 17.5. The van der Waals surface area contributed by atoms with Crippen molar-refractivity contribution in [1.29, 1.82) is 0 Å². The summed E-state index contributed by atoms with van der Waals surface area (Å²) in [7, 11) is 0. The minimum atomic E-state index is -2.15. The minimum absolute atomic E-state index is 0.185. The normalized spacial score (nSPS) is 17.2. The lowest BCUT2D eigenvalue weighted by Gasteiger charge is -2.36. The van der Waals surface area contributed by atoms with Crippen molar-refractivity contribution in [3.8, 4) is 0 Å². The summed E-state index contributed by atoms with van der Waals surface area (Å²) in [6.45, 7) is 10.9. The second kappa shape index (κ2) is 8.89. The Hall–Kier alpha value is -1.49. The van der Waals surface area contributed by atoms with Gasteiger partial charge in [0.25, 0.3) is 0 Å². The van der Waals surface area contributed by atoms with Crippen molar-refractivity contribution in [3.63, 3.8) is 0 Å². The molecule has 0 bridgehead atoms. The van der Waals surface area contributed by atoms with Crippen LogP contribution in [0.25, 0.3) is 0 Å². The third-order valence-electron chi connectivity index (χ3n) is 5.84. The van der Waals surface area contributed by atoms with Crippen molar-refractivity contribution in [3.05, 3.63) is 64.7 Å². The van der Waals surface area contributed by atoms with Crippen LogP contribution in [0.5, 0.6) is 0 Å². The fourth-order valence-electron chi connectivity index (χ4n) is 4.13. The highest BCUT2D eigenvalue weighted by atomic mass is 32.2. The molecule has 2 unspecified atom stereocenters. The Morgan fingerprint density at radius 2 is 1.82 bits per heavy atom. The maximum atomic E-state index is 11.2. The van der Waals surface area contributed by atoms with E-state index in [-0.39, 0.29) is 5.41 Å². The van der Waals surface area contributed by atoms with Crippen LogP contribution in [0.2, 0.25) is 0 Å². The van der Waals surface area contributed by atoms with E-state index in [9.17, 15) is 8.76 Å². The van der Waals surface area contributed by atoms with Gasteiger partial charge in [0.15, 0.2) is 0 Å². The Labute approximate surface area is 172 Å². The van der Waals surface area contributed by atoms with Gasteiger partial charge >= 0.3 is 0 Å². The van der Waals surface area contributed by atoms with E-state index in [0.29, 0.717) is 10.9 Å². The maximum absolute atomic E-state index is 11.2. The second-order valence-electron chi connectivity index (χ2n) is 8.98. The maximum Gasteiger partial charge on any atom is 0.0251 e. The van der Waals surface area contributed by atoms with Crippen molar-refractivity contribution in [2.75, 3.05) is 6.54 Å². The minimum Gasteiger partial charge on any atom is -0.768 e. The zero-order valence-corrected chi connectivity index (χ0v) is 18.3. The van der Waals surface area contributed by atoms with E-state index in [0.717, 1.165) is 25.9 Å². The molecule has 0 amide bonds. The molecule has 3 rings (SSSR count). The SMILES string of the molecule is CCCC(Cc1ccc(C(C)(C)C)cc1)N1CCc2cc(S(=O)[O-])ccc2C1. The quantitative estimate of drug-likeness (QED) is 0.644. The number of rotatable bonds is 6. The van der Waals surface area contributed by atoms with Gasteiger partial charge in [-0.05, 0) is 70.1 Å². The van der Waals surface area contributed by atoms with Crippen LogP contribution in [-0.4, -0.2) is 26.2 Å². The number of benzene rings is 2. The third-order valence-corrected chi connectivity index (χ3v) is 6.48. The fraction of sp³-hybridized carbons (Fsp3) is 0.500. The van der Waals surface area contributed by atoms with Crippen LogP contribution < -0.4 is 0 Å². The summed E-state index contributed by atoms with van der Waals surface area (Å²) in [5.41, 5.74) is 5.41. The van der Waals surface area contributed by atoms with Crippen LogP contribution in [0.4, 0.5) is 0 Å². The average Bonchev–Trinajstić information content (AvgIpc) is 2.66. The third kappa shape index (κ3) is 5.11. The Morgan fingerprint density at radius 3 is 2.43 bits per heavy atom. The lowest BCUT2D eigenvalue weighted by atomic mass is 9.86. The topological polar surface area (TPSA) is 43.4 Å². The average molecular weight is 399 g/mol. The molecule has 4 heteroatoms. The molecule has 1 aliphatic heterocycles. The zero-order chi connectivity index (χ0) is 20.3. The Kier molecular flexibility index (Phi) is 6.74. The molecule has 28 heavy (non-hydrogen) atoms. The predicted molar refractivity (Wildman–Crippen MR) is 115 cm³/mol. The Balaban J connectivity index is 1.73. The Morgan fingerprint density at radius 1 is 1.11 bits per heavy atom. The molecule has 0 saturated carbocycles. The molecule has 2 atom stereocenters. The monoisotopic (exact) mass is 398 g/mol. The first-order valence-electron chi connectivity index (χ1n) is 10.3. The van der Waals surface area contributed by atoms with Crippen molar-refractivity contribution < 1.29 is 8.76 Å². The molecule has 3 nitrogen and oxygen atoms in total. The molecule has 1 heterocycles. The highest BCUT2D eigenvalue weighted by Crippen LogP contribution is 2.27. The standard InChI is InChI=1S/C24H33NO2S/c1-5-6-22(15-18-7-10-21(11-8-18)24(2,3)4)25-14-13-19-16-23(28(26)27)12-9-20(19)17-25/h7-12,16,22H,5-6,13-15,17H2,1-4H3,(H,26,27)/p-1. The Bertz CT molecular complexity index is 823. The van der Waals surface area contributed by atoms with Crippen LogP contribution in [-0.2, 0) is 35.9 Å². The van der Waals surface area contributed by atoms with E-state index in [4.69, 9.17) is 0 Å². The highest BCUT2D eigenvalue weighted by Gasteiger charge is 2.24. The molecular weight excluding hydrogens is 366 g/mol. The van der Waals surface area contributed by atoms with E-state index in [1.807, 2.05) is 12.1 Å². The molecule has 0 fully saturated rings. The lowest BCUT2D eigenvalue weighted by Crippen LogP contribution is -2.40. The first-order valence-corrected chi connectivity index (χ1v) is 11.4. The van der Waals surface area contributed by atoms with Crippen LogP contribution in [0.1, 0.15) is 62.8 Å². The number of fused-ring (bicyclic) bond motifs is 1. The van der Waals surface area contributed by atoms with Gasteiger partial charge in [-0.3, -0.25) is 9.11 Å². The van der Waals surface area contributed by atoms with Gasteiger partial charge in [0.2, 0.25) is 0 Å². The van der Waals surface area contributed by atoms with Crippen molar-refractivity contribution in [2.45, 2.75) is 76.3 Å². The lowest BCUT2D eigenvalue weighted by molar-refractivity contribution is 0.167. The summed E-state index contributed by atoms with van der Waals surface area (Å²) in [6.07, 6.45) is 4.33. The van der Waals surface area contributed by atoms with Crippen LogP contribution in [0.15, 0.2) is 47.4 Å². The smallest absolute Gasteiger partial charge is 0.0251 e. The second-order valence-corrected chi connectivity index (χ2v) is 9.92. The molecule has 0 aliphatic carbocycles. The summed E-state index contributed by atoms with van der Waals surface area (Å²) >= 11 is -2.15. The highest BCUT2D eigenvalue weighted by molar-refractivity contribution is 7.79. The van der Waals surface area contributed by atoms with Gasteiger partial charge in [-0.2, -0.15) is 0 Å². The number of hydrogen-bond donors (Lipinski definition) is 0. The summed E-state index contributed by atoms with van der Waals surface area (Å²) in [6, 6.07) is 15.2. The first-order chi connectivity index (χ1) is 13.3. The molecule has 0 saturated heterocycles. The molecule has 1 aliphatic rings. The van der Waals surface area contributed by atoms with Crippen molar-refractivity contribution in [1.82, 2.24) is 4.90 Å². The summed E-state index contributed by atoms with van der Waals surface area (Å²) in [5.74, 6) is 0. The van der Waals surface area contributed by atoms with Gasteiger partial charge in [0.05, 0.1) is 0 Å². The molecule has 2 aromatic rings. The number of nitrogens with zero attached hydrogens (tertiary/aromatic N) is 1. The van der Waals surface area contributed by atoms with E-state index in [1.165, 1.54) is 35.1 Å². The van der Waals surface area contributed by atoms with Gasteiger partial charge < -0.3 is 4.55 Å². The van der Waals surface area contributed by atoms with Gasteiger partial charge in [-0.25, -0.2) is 0 Å². The van der Waals surface area contributed by atoms with Gasteiger partial charge in [0.1, 0.15) is 0 Å². The van der Waals surface area contributed by atoms with Crippen molar-refractivity contribution >= 4 is 11.1 Å². The molecular formula is C24H32NO2S-. The molecule has 0 aromatic heterocycles. The molecule has 0 spiro atoms. The molecule has 2 aromatic carbocycles. The number of hydrogen-bond acceptors (Lipinski definition) is 3. The summed E-state index contributed by atoms with van der Waals surface area (Å²) < 4.78 is 22.4. The van der Waals surface area contributed by atoms with E-state index >= 15 is 0 Å². The van der Waals surface area contributed by atoms with E-state index in [2.05, 4.69) is 56.9 Å². The molecule has 0 N–H and O–H groups in total. The summed E-state index contributed by atoms with van der Waals surface area (Å²) in [4.78, 5) is 2.98. The molecule has 152 valence electrons. The van der Waals surface area contributed by atoms with E-state index in [1.54, 1.807) is 6.07 Å². The van der Waals surface area contributed by atoms with Gasteiger partial charge in [0, 0.05) is 24.0 Å². The van der Waals surface area contributed by atoms with Gasteiger partial charge in [-0.15, -0.1) is 0 Å². The largest absolute Gasteiger partial charge is 0.768 e. The summed E-state index contributed by atoms with van der Waals surface area (Å²) in [5, 5.41) is 0. The van der Waals surface area contributed by atoms with Crippen LogP contribution in [0, 0.1) is 0 Å². The first kappa shape index (κ1) is 21.2. The van der Waals surface area contributed by atoms with Crippen LogP contribution in [0.3, 0.4) is 0 Å². The van der Waals surface area contributed by atoms with Crippen molar-refractivity contribution in [2.24, 2.45) is 0 Å². The van der Waals surface area contributed by atoms with Gasteiger partial charge in [-0.1, -0.05) is 64.4 Å². The predicted octanol–water partition coefficient (Wildman–Crippen LogP) is 4.99. The fourth-order valence-corrected chi connectivity index (χ4v) is 4.54. The molecule has 0 radical (unpaired) electrons.